The lowest BCUT2D eigenvalue weighted by atomic mass is 10.1. The van der Waals surface area contributed by atoms with Crippen molar-refractivity contribution in [3.63, 3.8) is 0 Å². The first kappa shape index (κ1) is 23.2. The Labute approximate surface area is 178 Å². The lowest BCUT2D eigenvalue weighted by molar-refractivity contribution is -0.143. The van der Waals surface area contributed by atoms with Crippen LogP contribution in [-0.2, 0) is 16.0 Å². The van der Waals surface area contributed by atoms with E-state index in [9.17, 15) is 4.79 Å². The van der Waals surface area contributed by atoms with Crippen LogP contribution in [0.4, 0.5) is 0 Å². The van der Waals surface area contributed by atoms with Crippen LogP contribution in [0.2, 0.25) is 0 Å². The minimum absolute atomic E-state index is 0.200. The summed E-state index contributed by atoms with van der Waals surface area (Å²) in [6.07, 6.45) is 3.01. The van der Waals surface area contributed by atoms with Crippen molar-refractivity contribution in [3.05, 3.63) is 47.8 Å². The molecule has 1 aromatic rings. The van der Waals surface area contributed by atoms with Gasteiger partial charge in [-0.2, -0.15) is 0 Å². The molecule has 0 aliphatic carbocycles. The van der Waals surface area contributed by atoms with Crippen molar-refractivity contribution < 1.29 is 19.0 Å². The molecule has 0 spiro atoms. The number of nitrogens with zero attached hydrogens (tertiary/aromatic N) is 3. The topological polar surface area (TPSA) is 72.7 Å². The summed E-state index contributed by atoms with van der Waals surface area (Å²) in [6, 6.07) is 5.69. The molecule has 1 aromatic carbocycles. The Morgan fingerprint density at radius 2 is 2.03 bits per heavy atom. The average Bonchev–Trinajstić information content (AvgIpc) is 3.06. The molecule has 0 N–H and O–H groups in total. The van der Waals surface area contributed by atoms with E-state index in [1.54, 1.807) is 21.1 Å². The molecule has 30 heavy (non-hydrogen) atoms. The predicted molar refractivity (Wildman–Crippen MR) is 119 cm³/mol. The number of allylic oxidation sites excluding steroid dienone is 1. The van der Waals surface area contributed by atoms with Crippen LogP contribution in [-0.4, -0.2) is 49.9 Å². The number of amidine groups is 2. The van der Waals surface area contributed by atoms with Crippen LogP contribution in [0.25, 0.3) is 0 Å². The van der Waals surface area contributed by atoms with Gasteiger partial charge in [0.25, 0.3) is 0 Å². The molecule has 0 saturated carbocycles. The average molecular weight is 414 g/mol. The first-order valence-electron chi connectivity index (χ1n) is 10.0. The normalized spacial score (nSPS) is 14.6. The molecule has 7 nitrogen and oxygen atoms in total. The first-order chi connectivity index (χ1) is 14.4. The highest BCUT2D eigenvalue weighted by Gasteiger charge is 2.29. The Hall–Kier alpha value is -3.09. The summed E-state index contributed by atoms with van der Waals surface area (Å²) < 4.78 is 15.9. The molecule has 162 valence electrons. The van der Waals surface area contributed by atoms with Crippen LogP contribution in [0.15, 0.2) is 52.2 Å². The maximum Gasteiger partial charge on any atom is 0.305 e. The summed E-state index contributed by atoms with van der Waals surface area (Å²) in [5.74, 6) is 2.89. The van der Waals surface area contributed by atoms with Crippen molar-refractivity contribution in [2.75, 3.05) is 27.4 Å². The standard InChI is InChI=1S/C23H31N3O4/c1-7-24-23-22(16(3)4)25-20(26(23)13-9-10-21(27)30-8-2)15-17-14-18(28-5)11-12-19(17)29-6/h7,11-12,14H,1,8-10,13,15H2,2-6H3/b24-23+. The van der Waals surface area contributed by atoms with Gasteiger partial charge in [-0.05, 0) is 51.0 Å². The fraction of sp³-hybridized carbons (Fsp3) is 0.435. The fourth-order valence-electron chi connectivity index (χ4n) is 3.22. The smallest absolute Gasteiger partial charge is 0.305 e. The Bertz CT molecular complexity index is 867. The molecule has 1 heterocycles. The first-order valence-corrected chi connectivity index (χ1v) is 10.0. The highest BCUT2D eigenvalue weighted by atomic mass is 16.5. The van der Waals surface area contributed by atoms with E-state index in [0.717, 1.165) is 40.0 Å². The van der Waals surface area contributed by atoms with Crippen molar-refractivity contribution >= 4 is 17.6 Å². The number of esters is 1. The largest absolute Gasteiger partial charge is 0.497 e. The summed E-state index contributed by atoms with van der Waals surface area (Å²) in [5.41, 5.74) is 2.83. The van der Waals surface area contributed by atoms with E-state index in [2.05, 4.69) is 11.6 Å². The van der Waals surface area contributed by atoms with E-state index in [0.29, 0.717) is 32.4 Å². The van der Waals surface area contributed by atoms with Crippen LogP contribution in [0, 0.1) is 0 Å². The quantitative estimate of drug-likeness (QED) is 0.539. The summed E-state index contributed by atoms with van der Waals surface area (Å²) in [5, 5.41) is 0. The Kier molecular flexibility index (Phi) is 8.65. The highest BCUT2D eigenvalue weighted by molar-refractivity contribution is 6.16. The third kappa shape index (κ3) is 5.72. The van der Waals surface area contributed by atoms with E-state index < -0.39 is 0 Å². The second-order valence-corrected chi connectivity index (χ2v) is 6.93. The van der Waals surface area contributed by atoms with E-state index in [-0.39, 0.29) is 5.97 Å². The van der Waals surface area contributed by atoms with Gasteiger partial charge in [0, 0.05) is 31.1 Å². The van der Waals surface area contributed by atoms with Crippen LogP contribution >= 0.6 is 0 Å². The zero-order valence-corrected chi connectivity index (χ0v) is 18.5. The van der Waals surface area contributed by atoms with E-state index in [1.807, 2.05) is 36.9 Å². The van der Waals surface area contributed by atoms with Gasteiger partial charge < -0.3 is 19.1 Å². The molecule has 2 rings (SSSR count). The number of rotatable bonds is 10. The molecular weight excluding hydrogens is 382 g/mol. The number of ether oxygens (including phenoxy) is 3. The second-order valence-electron chi connectivity index (χ2n) is 6.93. The van der Waals surface area contributed by atoms with E-state index >= 15 is 0 Å². The number of hydrogen-bond donors (Lipinski definition) is 0. The van der Waals surface area contributed by atoms with Crippen LogP contribution in [0.3, 0.4) is 0 Å². The summed E-state index contributed by atoms with van der Waals surface area (Å²) in [6.45, 7) is 10.5. The van der Waals surface area contributed by atoms with Gasteiger partial charge in [-0.25, -0.2) is 9.98 Å². The summed E-state index contributed by atoms with van der Waals surface area (Å²) in [7, 11) is 3.28. The van der Waals surface area contributed by atoms with Gasteiger partial charge in [-0.1, -0.05) is 6.58 Å². The Morgan fingerprint density at radius 1 is 1.27 bits per heavy atom. The number of benzene rings is 1. The molecule has 0 aromatic heterocycles. The molecule has 7 heteroatoms. The number of methoxy groups -OCH3 is 2. The van der Waals surface area contributed by atoms with E-state index in [1.165, 1.54) is 6.20 Å². The van der Waals surface area contributed by atoms with Crippen molar-refractivity contribution in [1.29, 1.82) is 0 Å². The third-order valence-corrected chi connectivity index (χ3v) is 4.61. The van der Waals surface area contributed by atoms with E-state index in [4.69, 9.17) is 19.2 Å². The molecule has 1 aliphatic heterocycles. The zero-order valence-electron chi connectivity index (χ0n) is 18.5. The molecule has 0 amide bonds. The Morgan fingerprint density at radius 3 is 2.63 bits per heavy atom. The lowest BCUT2D eigenvalue weighted by Gasteiger charge is -2.22. The van der Waals surface area contributed by atoms with Gasteiger partial charge in [-0.15, -0.1) is 0 Å². The summed E-state index contributed by atoms with van der Waals surface area (Å²) >= 11 is 0. The van der Waals surface area contributed by atoms with Gasteiger partial charge >= 0.3 is 5.97 Å². The lowest BCUT2D eigenvalue weighted by Crippen LogP contribution is -2.35. The number of carbonyl (C=O) groups is 1. The van der Waals surface area contributed by atoms with Crippen molar-refractivity contribution in [1.82, 2.24) is 4.90 Å². The van der Waals surface area contributed by atoms with Gasteiger partial charge in [0.15, 0.2) is 5.84 Å². The number of hydrogen-bond acceptors (Lipinski definition) is 6. The number of aliphatic imine (C=N–C) groups is 2. The fourth-order valence-corrected chi connectivity index (χ4v) is 3.22. The second kappa shape index (κ2) is 11.2. The molecule has 0 saturated heterocycles. The molecule has 0 fully saturated rings. The SMILES string of the molecule is C=C/N=C1\C(=C(C)C)N=C(Cc2cc(OC)ccc2OC)N1CCCC(=O)OCC. The minimum Gasteiger partial charge on any atom is -0.497 e. The van der Waals surface area contributed by atoms with Crippen molar-refractivity contribution in [2.45, 2.75) is 40.0 Å². The van der Waals surface area contributed by atoms with Crippen molar-refractivity contribution in [3.8, 4) is 11.5 Å². The summed E-state index contributed by atoms with van der Waals surface area (Å²) in [4.78, 5) is 23.1. The maximum absolute atomic E-state index is 11.8. The number of carbonyl (C=O) groups excluding carboxylic acids is 1. The zero-order chi connectivity index (χ0) is 22.1. The molecular formula is C23H31N3O4. The molecule has 0 atom stereocenters. The van der Waals surface area contributed by atoms with Crippen LogP contribution in [0.5, 0.6) is 11.5 Å². The van der Waals surface area contributed by atoms with Crippen molar-refractivity contribution in [2.24, 2.45) is 9.98 Å². The van der Waals surface area contributed by atoms with Crippen LogP contribution < -0.4 is 9.47 Å². The molecule has 0 radical (unpaired) electrons. The molecule has 0 unspecified atom stereocenters. The molecule has 1 aliphatic rings. The predicted octanol–water partition coefficient (Wildman–Crippen LogP) is 4.14. The molecule has 0 bridgehead atoms. The van der Waals surface area contributed by atoms with Gasteiger partial charge in [0.05, 0.1) is 20.8 Å². The third-order valence-electron chi connectivity index (χ3n) is 4.61. The monoisotopic (exact) mass is 413 g/mol. The maximum atomic E-state index is 11.8. The van der Waals surface area contributed by atoms with Gasteiger partial charge in [0.2, 0.25) is 0 Å². The minimum atomic E-state index is -0.200. The Balaban J connectivity index is 2.34. The van der Waals surface area contributed by atoms with Gasteiger partial charge in [-0.3, -0.25) is 4.79 Å². The van der Waals surface area contributed by atoms with Gasteiger partial charge in [0.1, 0.15) is 23.0 Å². The highest BCUT2D eigenvalue weighted by Crippen LogP contribution is 2.28. The van der Waals surface area contributed by atoms with Crippen LogP contribution in [0.1, 0.15) is 39.2 Å².